The number of nitro benzene ring substituents is 1. The van der Waals surface area contributed by atoms with Gasteiger partial charge < -0.3 is 10.6 Å². The molecule has 24 heavy (non-hydrogen) atoms. The number of nitro groups is 1. The van der Waals surface area contributed by atoms with Crippen LogP contribution in [0.3, 0.4) is 0 Å². The molecule has 0 aliphatic heterocycles. The van der Waals surface area contributed by atoms with Crippen LogP contribution in [0.1, 0.15) is 15.9 Å². The zero-order chi connectivity index (χ0) is 17.7. The molecule has 0 radical (unpaired) electrons. The van der Waals surface area contributed by atoms with Crippen molar-refractivity contribution in [1.29, 1.82) is 0 Å². The highest BCUT2D eigenvalue weighted by Crippen LogP contribution is 2.21. The molecule has 0 aliphatic carbocycles. The molecule has 0 amide bonds. The van der Waals surface area contributed by atoms with E-state index in [1.54, 1.807) is 0 Å². The van der Waals surface area contributed by atoms with Crippen LogP contribution >= 0.6 is 23.2 Å². The summed E-state index contributed by atoms with van der Waals surface area (Å²) in [6.45, 7) is 0. The van der Waals surface area contributed by atoms with E-state index < -0.39 is 10.9 Å². The number of oxime groups is 1. The lowest BCUT2D eigenvalue weighted by molar-refractivity contribution is -0.384. The van der Waals surface area contributed by atoms with Crippen LogP contribution < -0.4 is 5.73 Å². The first-order chi connectivity index (χ1) is 11.4. The van der Waals surface area contributed by atoms with Crippen molar-refractivity contribution in [3.8, 4) is 0 Å². The molecule has 0 spiro atoms. The largest absolute Gasteiger partial charge is 0.384 e. The zero-order valence-electron chi connectivity index (χ0n) is 12.1. The predicted octanol–water partition coefficient (Wildman–Crippen LogP) is 3.57. The number of hydrogen-bond donors (Lipinski definition) is 1. The lowest BCUT2D eigenvalue weighted by Gasteiger charge is -2.03. The van der Waals surface area contributed by atoms with Crippen molar-refractivity contribution < 1.29 is 14.6 Å². The summed E-state index contributed by atoms with van der Waals surface area (Å²) in [5.74, 6) is -0.774. The van der Waals surface area contributed by atoms with Gasteiger partial charge in [0, 0.05) is 23.6 Å². The minimum atomic E-state index is -0.797. The quantitative estimate of drug-likeness (QED) is 0.285. The summed E-state index contributed by atoms with van der Waals surface area (Å²) in [4.78, 5) is 26.7. The van der Waals surface area contributed by atoms with Crippen molar-refractivity contribution in [3.63, 3.8) is 0 Å². The number of carbonyl (C=O) groups excluding carboxylic acids is 1. The van der Waals surface area contributed by atoms with Crippen LogP contribution in [0.25, 0.3) is 0 Å². The van der Waals surface area contributed by atoms with Gasteiger partial charge in [0.05, 0.1) is 15.5 Å². The molecule has 2 N–H and O–H groups in total. The van der Waals surface area contributed by atoms with E-state index in [4.69, 9.17) is 33.8 Å². The summed E-state index contributed by atoms with van der Waals surface area (Å²) >= 11 is 11.7. The minimum absolute atomic E-state index is 0.0235. The maximum absolute atomic E-state index is 11.9. The average molecular weight is 368 g/mol. The van der Waals surface area contributed by atoms with Crippen molar-refractivity contribution >= 4 is 40.7 Å². The molecule has 9 heteroatoms. The Morgan fingerprint density at radius 2 is 1.88 bits per heavy atom. The smallest absolute Gasteiger partial charge is 0.367 e. The van der Waals surface area contributed by atoms with Crippen LogP contribution in [0.15, 0.2) is 47.6 Å². The summed E-state index contributed by atoms with van der Waals surface area (Å²) in [6.07, 6.45) is 0.161. The highest BCUT2D eigenvalue weighted by atomic mass is 35.5. The number of benzene rings is 2. The van der Waals surface area contributed by atoms with Crippen LogP contribution in [0.5, 0.6) is 0 Å². The number of halogens is 2. The van der Waals surface area contributed by atoms with Gasteiger partial charge in [0.15, 0.2) is 0 Å². The zero-order valence-corrected chi connectivity index (χ0v) is 13.6. The van der Waals surface area contributed by atoms with Gasteiger partial charge >= 0.3 is 5.97 Å². The molecule has 0 heterocycles. The molecule has 0 saturated carbocycles. The van der Waals surface area contributed by atoms with Crippen LogP contribution in [0, 0.1) is 10.1 Å². The van der Waals surface area contributed by atoms with Crippen molar-refractivity contribution in [2.75, 3.05) is 0 Å². The molecule has 2 rings (SSSR count). The molecule has 0 bridgehead atoms. The van der Waals surface area contributed by atoms with E-state index in [0.717, 1.165) is 0 Å². The maximum atomic E-state index is 11.9. The van der Waals surface area contributed by atoms with Gasteiger partial charge in [0.1, 0.15) is 5.84 Å². The highest BCUT2D eigenvalue weighted by molar-refractivity contribution is 6.35. The van der Waals surface area contributed by atoms with E-state index in [0.29, 0.717) is 10.6 Å². The predicted molar refractivity (Wildman–Crippen MR) is 90.3 cm³/mol. The molecular formula is C15H11Cl2N3O4. The Hall–Kier alpha value is -2.64. The second kappa shape index (κ2) is 7.76. The highest BCUT2D eigenvalue weighted by Gasteiger charge is 2.13. The van der Waals surface area contributed by atoms with Gasteiger partial charge in [0.25, 0.3) is 5.69 Å². The molecule has 0 aromatic heterocycles. The Balaban J connectivity index is 2.02. The summed E-state index contributed by atoms with van der Waals surface area (Å²) in [5, 5.41) is 14.6. The summed E-state index contributed by atoms with van der Waals surface area (Å²) < 4.78 is 0. The number of rotatable bonds is 5. The van der Waals surface area contributed by atoms with Gasteiger partial charge in [-0.3, -0.25) is 10.1 Å². The molecule has 7 nitrogen and oxygen atoms in total. The Morgan fingerprint density at radius 3 is 2.50 bits per heavy atom. The number of amidine groups is 1. The first kappa shape index (κ1) is 17.7. The van der Waals surface area contributed by atoms with Crippen molar-refractivity contribution in [2.24, 2.45) is 10.9 Å². The number of nitrogens with two attached hydrogens (primary N) is 1. The number of nitrogens with zero attached hydrogens (tertiary/aromatic N) is 2. The van der Waals surface area contributed by atoms with Gasteiger partial charge in [0.2, 0.25) is 0 Å². The van der Waals surface area contributed by atoms with Gasteiger partial charge in [-0.2, -0.15) is 0 Å². The molecule has 0 saturated heterocycles. The molecule has 124 valence electrons. The van der Waals surface area contributed by atoms with E-state index in [1.807, 2.05) is 0 Å². The van der Waals surface area contributed by atoms with Crippen molar-refractivity contribution in [3.05, 3.63) is 73.8 Å². The Labute approximate surface area is 146 Å². The fraction of sp³-hybridized carbons (Fsp3) is 0.0667. The number of carbonyl (C=O) groups is 1. The Bertz CT molecular complexity index is 807. The molecule has 0 unspecified atom stereocenters. The van der Waals surface area contributed by atoms with E-state index >= 15 is 0 Å². The van der Waals surface area contributed by atoms with Gasteiger partial charge in [-0.15, -0.1) is 0 Å². The standard InChI is InChI=1S/C15H11Cl2N3O4/c16-10-3-6-13(17)12(8-10)15(21)24-19-14(18)7-9-1-4-11(5-2-9)20(22)23/h1-6,8H,7H2,(H2,18,19). The van der Waals surface area contributed by atoms with Gasteiger partial charge in [-0.05, 0) is 23.8 Å². The van der Waals surface area contributed by atoms with E-state index in [1.165, 1.54) is 42.5 Å². The fourth-order valence-corrected chi connectivity index (χ4v) is 2.15. The van der Waals surface area contributed by atoms with Crippen LogP contribution in [-0.2, 0) is 11.3 Å². The lowest BCUT2D eigenvalue weighted by Crippen LogP contribution is -2.16. The molecule has 2 aromatic carbocycles. The van der Waals surface area contributed by atoms with Gasteiger partial charge in [-0.25, -0.2) is 4.79 Å². The first-order valence-electron chi connectivity index (χ1n) is 6.59. The van der Waals surface area contributed by atoms with Crippen LogP contribution in [0.4, 0.5) is 5.69 Å². The van der Waals surface area contributed by atoms with Crippen molar-refractivity contribution in [2.45, 2.75) is 6.42 Å². The maximum Gasteiger partial charge on any atom is 0.367 e. The second-order valence-corrected chi connectivity index (χ2v) is 5.53. The van der Waals surface area contributed by atoms with E-state index in [-0.39, 0.29) is 28.5 Å². The second-order valence-electron chi connectivity index (χ2n) is 4.69. The fourth-order valence-electron chi connectivity index (χ4n) is 1.78. The Morgan fingerprint density at radius 1 is 1.21 bits per heavy atom. The number of hydrogen-bond acceptors (Lipinski definition) is 5. The molecular weight excluding hydrogens is 357 g/mol. The van der Waals surface area contributed by atoms with Crippen LogP contribution in [-0.4, -0.2) is 16.7 Å². The molecule has 0 aliphatic rings. The van der Waals surface area contributed by atoms with Gasteiger partial charge in [-0.1, -0.05) is 40.5 Å². The third-order valence-electron chi connectivity index (χ3n) is 2.93. The minimum Gasteiger partial charge on any atom is -0.384 e. The monoisotopic (exact) mass is 367 g/mol. The molecule has 0 fully saturated rings. The van der Waals surface area contributed by atoms with E-state index in [9.17, 15) is 14.9 Å². The lowest BCUT2D eigenvalue weighted by atomic mass is 10.1. The van der Waals surface area contributed by atoms with E-state index in [2.05, 4.69) is 5.16 Å². The first-order valence-corrected chi connectivity index (χ1v) is 7.34. The Kier molecular flexibility index (Phi) is 5.73. The van der Waals surface area contributed by atoms with Crippen LogP contribution in [0.2, 0.25) is 10.0 Å². The molecule has 0 atom stereocenters. The molecule has 2 aromatic rings. The number of non-ortho nitro benzene ring substituents is 1. The SMILES string of the molecule is N/C(Cc1ccc([N+](=O)[O-])cc1)=N\OC(=O)c1cc(Cl)ccc1Cl. The average Bonchev–Trinajstić information content (AvgIpc) is 2.55. The summed E-state index contributed by atoms with van der Waals surface area (Å²) in [5.41, 5.74) is 6.39. The summed E-state index contributed by atoms with van der Waals surface area (Å²) in [6, 6.07) is 10.1. The summed E-state index contributed by atoms with van der Waals surface area (Å²) in [7, 11) is 0. The van der Waals surface area contributed by atoms with Crippen molar-refractivity contribution in [1.82, 2.24) is 0 Å². The topological polar surface area (TPSA) is 108 Å². The normalized spacial score (nSPS) is 11.2. The third kappa shape index (κ3) is 4.68. The third-order valence-corrected chi connectivity index (χ3v) is 3.49.